The van der Waals surface area contributed by atoms with E-state index in [1.54, 1.807) is 24.5 Å². The van der Waals surface area contributed by atoms with Crippen molar-refractivity contribution in [1.29, 1.82) is 0 Å². The second-order valence-electron chi connectivity index (χ2n) is 6.43. The fourth-order valence-corrected chi connectivity index (χ4v) is 3.04. The van der Waals surface area contributed by atoms with Crippen LogP contribution in [0, 0.1) is 6.92 Å². The van der Waals surface area contributed by atoms with Crippen LogP contribution >= 0.6 is 0 Å². The van der Waals surface area contributed by atoms with E-state index in [9.17, 15) is 4.79 Å². The van der Waals surface area contributed by atoms with Crippen molar-refractivity contribution in [2.24, 2.45) is 0 Å². The number of nitrogens with one attached hydrogen (secondary N) is 1. The molecule has 5 nitrogen and oxygen atoms in total. The summed E-state index contributed by atoms with van der Waals surface area (Å²) in [6.07, 6.45) is 6.79. The van der Waals surface area contributed by atoms with Crippen LogP contribution in [0.4, 0.5) is 0 Å². The Hall–Kier alpha value is -2.50. The minimum absolute atomic E-state index is 0.0906. The summed E-state index contributed by atoms with van der Waals surface area (Å²) in [7, 11) is 0. The van der Waals surface area contributed by atoms with Crippen LogP contribution in [0.1, 0.15) is 22.7 Å². The minimum Gasteiger partial charge on any atom is -0.379 e. The fraction of sp³-hybridized carbons (Fsp3) is 0.333. The molecule has 26 heavy (non-hydrogen) atoms. The van der Waals surface area contributed by atoms with Gasteiger partial charge in [0.25, 0.3) is 0 Å². The first-order chi connectivity index (χ1) is 12.7. The summed E-state index contributed by atoms with van der Waals surface area (Å²) in [6, 6.07) is 12.4. The SMILES string of the molecule is Cc1ccc(C(CNC(=O)/C=C/c2ccncc2)N2CCOCC2)cc1. The van der Waals surface area contributed by atoms with Crippen molar-refractivity contribution >= 4 is 12.0 Å². The van der Waals surface area contributed by atoms with E-state index in [2.05, 4.69) is 46.4 Å². The van der Waals surface area contributed by atoms with Crippen molar-refractivity contribution in [2.45, 2.75) is 13.0 Å². The van der Waals surface area contributed by atoms with Gasteiger partial charge >= 0.3 is 0 Å². The molecule has 0 aliphatic carbocycles. The third kappa shape index (κ3) is 5.25. The maximum atomic E-state index is 12.2. The number of carbonyl (C=O) groups excluding carboxylic acids is 1. The predicted molar refractivity (Wildman–Crippen MR) is 103 cm³/mol. The van der Waals surface area contributed by atoms with Gasteiger partial charge in [0.15, 0.2) is 0 Å². The molecular formula is C21H25N3O2. The highest BCUT2D eigenvalue weighted by Gasteiger charge is 2.22. The molecule has 0 spiro atoms. The van der Waals surface area contributed by atoms with Gasteiger partial charge in [-0.2, -0.15) is 0 Å². The normalized spacial score (nSPS) is 16.5. The third-order valence-corrected chi connectivity index (χ3v) is 4.55. The lowest BCUT2D eigenvalue weighted by Crippen LogP contribution is -2.43. The number of carbonyl (C=O) groups is 1. The van der Waals surface area contributed by atoms with E-state index in [4.69, 9.17) is 4.74 Å². The Morgan fingerprint density at radius 2 is 1.88 bits per heavy atom. The quantitative estimate of drug-likeness (QED) is 0.813. The molecule has 5 heteroatoms. The van der Waals surface area contributed by atoms with E-state index < -0.39 is 0 Å². The second kappa shape index (κ2) is 9.27. The summed E-state index contributed by atoms with van der Waals surface area (Å²) in [5.41, 5.74) is 3.41. The van der Waals surface area contributed by atoms with Gasteiger partial charge in [-0.3, -0.25) is 14.7 Å². The molecule has 1 aromatic carbocycles. The summed E-state index contributed by atoms with van der Waals surface area (Å²) in [4.78, 5) is 18.6. The maximum Gasteiger partial charge on any atom is 0.244 e. The largest absolute Gasteiger partial charge is 0.379 e. The van der Waals surface area contributed by atoms with E-state index in [0.29, 0.717) is 6.54 Å². The van der Waals surface area contributed by atoms with E-state index in [-0.39, 0.29) is 11.9 Å². The molecule has 1 amide bonds. The monoisotopic (exact) mass is 351 g/mol. The third-order valence-electron chi connectivity index (χ3n) is 4.55. The molecule has 1 saturated heterocycles. The van der Waals surface area contributed by atoms with Crippen molar-refractivity contribution in [3.05, 3.63) is 71.6 Å². The van der Waals surface area contributed by atoms with E-state index in [0.717, 1.165) is 31.9 Å². The molecule has 0 radical (unpaired) electrons. The number of aromatic nitrogens is 1. The van der Waals surface area contributed by atoms with Crippen molar-refractivity contribution in [2.75, 3.05) is 32.8 Å². The first-order valence-corrected chi connectivity index (χ1v) is 8.97. The zero-order chi connectivity index (χ0) is 18.2. The van der Waals surface area contributed by atoms with Crippen molar-refractivity contribution in [3.8, 4) is 0 Å². The first-order valence-electron chi connectivity index (χ1n) is 8.97. The second-order valence-corrected chi connectivity index (χ2v) is 6.43. The Labute approximate surface area is 154 Å². The number of hydrogen-bond acceptors (Lipinski definition) is 4. The van der Waals surface area contributed by atoms with Gasteiger partial charge in [0.1, 0.15) is 0 Å². The smallest absolute Gasteiger partial charge is 0.244 e. The summed E-state index contributed by atoms with van der Waals surface area (Å²) in [5, 5.41) is 3.04. The summed E-state index contributed by atoms with van der Waals surface area (Å²) in [5.74, 6) is -0.0906. The molecule has 136 valence electrons. The molecule has 3 rings (SSSR count). The number of benzene rings is 1. The number of nitrogens with zero attached hydrogens (tertiary/aromatic N) is 2. The van der Waals surface area contributed by atoms with Crippen LogP contribution in [0.2, 0.25) is 0 Å². The zero-order valence-corrected chi connectivity index (χ0v) is 15.1. The van der Waals surface area contributed by atoms with E-state index >= 15 is 0 Å². The maximum absolute atomic E-state index is 12.2. The Morgan fingerprint density at radius 3 is 2.58 bits per heavy atom. The number of morpholine rings is 1. The molecule has 1 aliphatic rings. The zero-order valence-electron chi connectivity index (χ0n) is 15.1. The van der Waals surface area contributed by atoms with Gasteiger partial charge in [-0.15, -0.1) is 0 Å². The summed E-state index contributed by atoms with van der Waals surface area (Å²) in [6.45, 7) is 5.88. The van der Waals surface area contributed by atoms with Crippen molar-refractivity contribution in [3.63, 3.8) is 0 Å². The van der Waals surface area contributed by atoms with Crippen LogP contribution in [0.3, 0.4) is 0 Å². The van der Waals surface area contributed by atoms with Crippen LogP contribution in [-0.2, 0) is 9.53 Å². The van der Waals surface area contributed by atoms with E-state index in [1.165, 1.54) is 11.1 Å². The average Bonchev–Trinajstić information content (AvgIpc) is 2.69. The lowest BCUT2D eigenvalue weighted by atomic mass is 10.0. The van der Waals surface area contributed by atoms with E-state index in [1.807, 2.05) is 12.1 Å². The molecule has 0 bridgehead atoms. The van der Waals surface area contributed by atoms with Gasteiger partial charge in [-0.05, 0) is 36.3 Å². The topological polar surface area (TPSA) is 54.5 Å². The molecule has 1 aromatic heterocycles. The number of amides is 1. The standard InChI is InChI=1S/C21H25N3O2/c1-17-2-5-19(6-3-17)20(24-12-14-26-15-13-24)16-23-21(25)7-4-18-8-10-22-11-9-18/h2-11,20H,12-16H2,1H3,(H,23,25)/b7-4+. The van der Waals surface area contributed by atoms with Gasteiger partial charge in [-0.1, -0.05) is 29.8 Å². The highest BCUT2D eigenvalue weighted by atomic mass is 16.5. The fourth-order valence-electron chi connectivity index (χ4n) is 3.04. The molecule has 1 N–H and O–H groups in total. The summed E-state index contributed by atoms with van der Waals surface area (Å²) >= 11 is 0. The van der Waals surface area contributed by atoms with Crippen molar-refractivity contribution in [1.82, 2.24) is 15.2 Å². The number of ether oxygens (including phenoxy) is 1. The van der Waals surface area contributed by atoms with Crippen molar-refractivity contribution < 1.29 is 9.53 Å². The molecule has 1 unspecified atom stereocenters. The number of hydrogen-bond donors (Lipinski definition) is 1. The van der Waals surface area contributed by atoms with Crippen LogP contribution in [0.25, 0.3) is 6.08 Å². The predicted octanol–water partition coefficient (Wildman–Crippen LogP) is 2.59. The highest BCUT2D eigenvalue weighted by molar-refractivity contribution is 5.91. The Balaban J connectivity index is 1.64. The molecule has 2 heterocycles. The van der Waals surface area contributed by atoms with Crippen LogP contribution < -0.4 is 5.32 Å². The van der Waals surface area contributed by atoms with Crippen LogP contribution in [0.5, 0.6) is 0 Å². The Bertz CT molecular complexity index is 723. The Kier molecular flexibility index (Phi) is 6.52. The van der Waals surface area contributed by atoms with Crippen LogP contribution in [-0.4, -0.2) is 48.6 Å². The molecular weight excluding hydrogens is 326 g/mol. The number of pyridine rings is 1. The molecule has 0 saturated carbocycles. The number of aryl methyl sites for hydroxylation is 1. The highest BCUT2D eigenvalue weighted by Crippen LogP contribution is 2.21. The average molecular weight is 351 g/mol. The minimum atomic E-state index is -0.0906. The summed E-state index contributed by atoms with van der Waals surface area (Å²) < 4.78 is 5.47. The lowest BCUT2D eigenvalue weighted by Gasteiger charge is -2.35. The molecule has 1 aliphatic heterocycles. The molecule has 2 aromatic rings. The first kappa shape index (κ1) is 18.3. The van der Waals surface area contributed by atoms with Crippen LogP contribution in [0.15, 0.2) is 54.9 Å². The van der Waals surface area contributed by atoms with Gasteiger partial charge in [-0.25, -0.2) is 0 Å². The molecule has 1 fully saturated rings. The van der Waals surface area contributed by atoms with Gasteiger partial charge in [0, 0.05) is 38.1 Å². The Morgan fingerprint density at radius 1 is 1.19 bits per heavy atom. The van der Waals surface area contributed by atoms with Gasteiger partial charge in [0.05, 0.1) is 19.3 Å². The van der Waals surface area contributed by atoms with Gasteiger partial charge < -0.3 is 10.1 Å². The molecule has 1 atom stereocenters. The lowest BCUT2D eigenvalue weighted by molar-refractivity contribution is -0.116. The van der Waals surface area contributed by atoms with Gasteiger partial charge in [0.2, 0.25) is 5.91 Å². The number of rotatable bonds is 6.